The molecule has 0 radical (unpaired) electrons. The number of ether oxygens (including phenoxy) is 2. The lowest BCUT2D eigenvalue weighted by atomic mass is 10.1. The second-order valence-electron chi connectivity index (χ2n) is 6.46. The van der Waals surface area contributed by atoms with Gasteiger partial charge in [0.25, 0.3) is 5.91 Å². The molecule has 2 aromatic rings. The minimum absolute atomic E-state index is 0.157. The Morgan fingerprint density at radius 2 is 1.86 bits per heavy atom. The standard InChI is InChI=1S/C21H23ClN2O4/c1-27-21(26)16-4-2-15(3-5-16)8-9-23-20(25)18-14-17(22)6-7-19(18)24-10-12-28-13-11-24/h2-7,14H,8-13H2,1H3,(H,23,25). The van der Waals surface area contributed by atoms with Crippen molar-refractivity contribution < 1.29 is 19.1 Å². The van der Waals surface area contributed by atoms with Crippen molar-refractivity contribution in [3.8, 4) is 0 Å². The lowest BCUT2D eigenvalue weighted by Crippen LogP contribution is -2.38. The van der Waals surface area contributed by atoms with Gasteiger partial charge in [0.2, 0.25) is 0 Å². The molecule has 0 aliphatic carbocycles. The van der Waals surface area contributed by atoms with Gasteiger partial charge in [-0.15, -0.1) is 0 Å². The number of morpholine rings is 1. The van der Waals surface area contributed by atoms with Gasteiger partial charge in [-0.25, -0.2) is 4.79 Å². The summed E-state index contributed by atoms with van der Waals surface area (Å²) in [4.78, 5) is 26.4. The fourth-order valence-electron chi connectivity index (χ4n) is 3.11. The fourth-order valence-corrected chi connectivity index (χ4v) is 3.28. The molecule has 0 saturated carbocycles. The first-order chi connectivity index (χ1) is 13.6. The number of methoxy groups -OCH3 is 1. The minimum atomic E-state index is -0.364. The van der Waals surface area contributed by atoms with E-state index < -0.39 is 0 Å². The second-order valence-corrected chi connectivity index (χ2v) is 6.89. The van der Waals surface area contributed by atoms with Gasteiger partial charge in [0.05, 0.1) is 31.5 Å². The normalized spacial score (nSPS) is 13.9. The molecule has 7 heteroatoms. The van der Waals surface area contributed by atoms with Crippen molar-refractivity contribution in [1.82, 2.24) is 5.32 Å². The van der Waals surface area contributed by atoms with Crippen LogP contribution in [-0.4, -0.2) is 51.8 Å². The monoisotopic (exact) mass is 402 g/mol. The Balaban J connectivity index is 1.61. The van der Waals surface area contributed by atoms with Crippen LogP contribution in [0.3, 0.4) is 0 Å². The highest BCUT2D eigenvalue weighted by Gasteiger charge is 2.19. The number of rotatable bonds is 6. The van der Waals surface area contributed by atoms with Gasteiger partial charge in [-0.05, 0) is 42.3 Å². The minimum Gasteiger partial charge on any atom is -0.465 e. The number of carbonyl (C=O) groups is 2. The number of hydrogen-bond acceptors (Lipinski definition) is 5. The van der Waals surface area contributed by atoms with Gasteiger partial charge in [-0.3, -0.25) is 4.79 Å². The van der Waals surface area contributed by atoms with Crippen LogP contribution in [0.2, 0.25) is 5.02 Å². The average Bonchev–Trinajstić information content (AvgIpc) is 2.74. The quantitative estimate of drug-likeness (QED) is 0.752. The van der Waals surface area contributed by atoms with E-state index in [-0.39, 0.29) is 11.9 Å². The largest absolute Gasteiger partial charge is 0.465 e. The van der Waals surface area contributed by atoms with E-state index in [0.717, 1.165) is 24.3 Å². The van der Waals surface area contributed by atoms with Crippen LogP contribution in [0, 0.1) is 0 Å². The zero-order valence-electron chi connectivity index (χ0n) is 15.7. The number of benzene rings is 2. The maximum absolute atomic E-state index is 12.7. The molecular weight excluding hydrogens is 380 g/mol. The molecule has 6 nitrogen and oxygen atoms in total. The third-order valence-corrected chi connectivity index (χ3v) is 4.86. The molecule has 28 heavy (non-hydrogen) atoms. The highest BCUT2D eigenvalue weighted by Crippen LogP contribution is 2.25. The van der Waals surface area contributed by atoms with Crippen molar-refractivity contribution in [1.29, 1.82) is 0 Å². The van der Waals surface area contributed by atoms with E-state index in [2.05, 4.69) is 10.2 Å². The number of amides is 1. The summed E-state index contributed by atoms with van der Waals surface area (Å²) in [6, 6.07) is 12.5. The van der Waals surface area contributed by atoms with Crippen molar-refractivity contribution in [2.45, 2.75) is 6.42 Å². The van der Waals surface area contributed by atoms with Gasteiger partial charge in [0.1, 0.15) is 0 Å². The van der Waals surface area contributed by atoms with E-state index in [4.69, 9.17) is 21.1 Å². The average molecular weight is 403 g/mol. The van der Waals surface area contributed by atoms with E-state index >= 15 is 0 Å². The summed E-state index contributed by atoms with van der Waals surface area (Å²) in [6.07, 6.45) is 0.653. The predicted molar refractivity (Wildman–Crippen MR) is 108 cm³/mol. The molecule has 1 amide bonds. The van der Waals surface area contributed by atoms with Crippen molar-refractivity contribution >= 4 is 29.2 Å². The number of carbonyl (C=O) groups excluding carboxylic acids is 2. The van der Waals surface area contributed by atoms with E-state index in [9.17, 15) is 9.59 Å². The molecule has 1 saturated heterocycles. The molecule has 0 spiro atoms. The van der Waals surface area contributed by atoms with Gasteiger partial charge in [-0.2, -0.15) is 0 Å². The van der Waals surface area contributed by atoms with E-state index in [1.54, 1.807) is 24.3 Å². The molecule has 0 atom stereocenters. The van der Waals surface area contributed by atoms with Crippen LogP contribution in [0.25, 0.3) is 0 Å². The Labute approximate surface area is 169 Å². The van der Waals surface area contributed by atoms with Gasteiger partial charge >= 0.3 is 5.97 Å². The molecule has 1 aliphatic heterocycles. The summed E-state index contributed by atoms with van der Waals surface area (Å²) < 4.78 is 10.1. The van der Waals surface area contributed by atoms with Crippen LogP contribution in [-0.2, 0) is 15.9 Å². The topological polar surface area (TPSA) is 67.9 Å². The van der Waals surface area contributed by atoms with Crippen LogP contribution in [0.15, 0.2) is 42.5 Å². The van der Waals surface area contributed by atoms with E-state index in [0.29, 0.717) is 42.3 Å². The van der Waals surface area contributed by atoms with Gasteiger partial charge in [-0.1, -0.05) is 23.7 Å². The van der Waals surface area contributed by atoms with Crippen molar-refractivity contribution in [3.63, 3.8) is 0 Å². The molecule has 0 aromatic heterocycles. The van der Waals surface area contributed by atoms with E-state index in [1.807, 2.05) is 18.2 Å². The van der Waals surface area contributed by atoms with Gasteiger partial charge < -0.3 is 19.7 Å². The van der Waals surface area contributed by atoms with Crippen molar-refractivity contribution in [3.05, 3.63) is 64.2 Å². The molecule has 3 rings (SSSR count). The number of nitrogens with zero attached hydrogens (tertiary/aromatic N) is 1. The molecule has 0 bridgehead atoms. The van der Waals surface area contributed by atoms with Crippen LogP contribution in [0.4, 0.5) is 5.69 Å². The number of nitrogens with one attached hydrogen (secondary N) is 1. The van der Waals surface area contributed by atoms with Crippen molar-refractivity contribution in [2.75, 3.05) is 44.9 Å². The molecule has 1 heterocycles. The Bertz CT molecular complexity index is 833. The third kappa shape index (κ3) is 5.03. The van der Waals surface area contributed by atoms with Crippen LogP contribution in [0.1, 0.15) is 26.3 Å². The summed E-state index contributed by atoms with van der Waals surface area (Å²) in [5.41, 5.74) is 2.96. The first kappa shape index (κ1) is 20.2. The van der Waals surface area contributed by atoms with Crippen molar-refractivity contribution in [2.24, 2.45) is 0 Å². The highest BCUT2D eigenvalue weighted by atomic mass is 35.5. The summed E-state index contributed by atoms with van der Waals surface area (Å²) in [5.74, 6) is -0.522. The second kappa shape index (κ2) is 9.57. The van der Waals surface area contributed by atoms with Gasteiger partial charge in [0, 0.05) is 30.3 Å². The first-order valence-corrected chi connectivity index (χ1v) is 9.54. The summed E-state index contributed by atoms with van der Waals surface area (Å²) in [6.45, 7) is 3.25. The SMILES string of the molecule is COC(=O)c1ccc(CCNC(=O)c2cc(Cl)ccc2N2CCOCC2)cc1. The molecular formula is C21H23ClN2O4. The molecule has 1 aliphatic rings. The van der Waals surface area contributed by atoms with Crippen LogP contribution >= 0.6 is 11.6 Å². The fraction of sp³-hybridized carbons (Fsp3) is 0.333. The Hall–Kier alpha value is -2.57. The number of esters is 1. The van der Waals surface area contributed by atoms with Crippen LogP contribution in [0.5, 0.6) is 0 Å². The Morgan fingerprint density at radius 1 is 1.14 bits per heavy atom. The molecule has 0 unspecified atom stereocenters. The predicted octanol–water partition coefficient (Wildman–Crippen LogP) is 2.94. The lowest BCUT2D eigenvalue weighted by molar-refractivity contribution is 0.0600. The molecule has 148 valence electrons. The number of anilines is 1. The zero-order chi connectivity index (χ0) is 19.9. The Kier molecular flexibility index (Phi) is 6.90. The highest BCUT2D eigenvalue weighted by molar-refractivity contribution is 6.31. The lowest BCUT2D eigenvalue weighted by Gasteiger charge is -2.30. The molecule has 1 fully saturated rings. The molecule has 1 N–H and O–H groups in total. The maximum Gasteiger partial charge on any atom is 0.337 e. The maximum atomic E-state index is 12.7. The van der Waals surface area contributed by atoms with Gasteiger partial charge in [0.15, 0.2) is 0 Å². The van der Waals surface area contributed by atoms with Crippen LogP contribution < -0.4 is 10.2 Å². The number of halogens is 1. The molecule has 2 aromatic carbocycles. The Morgan fingerprint density at radius 3 is 2.54 bits per heavy atom. The zero-order valence-corrected chi connectivity index (χ0v) is 16.5. The summed E-state index contributed by atoms with van der Waals surface area (Å²) in [5, 5.41) is 3.48. The summed E-state index contributed by atoms with van der Waals surface area (Å²) >= 11 is 6.12. The summed E-state index contributed by atoms with van der Waals surface area (Å²) in [7, 11) is 1.35. The van der Waals surface area contributed by atoms with E-state index in [1.165, 1.54) is 7.11 Å². The smallest absolute Gasteiger partial charge is 0.337 e. The third-order valence-electron chi connectivity index (χ3n) is 4.63. The number of hydrogen-bond donors (Lipinski definition) is 1. The first-order valence-electron chi connectivity index (χ1n) is 9.16.